The van der Waals surface area contributed by atoms with Crippen LogP contribution in [0.5, 0.6) is 0 Å². The van der Waals surface area contributed by atoms with Crippen LogP contribution in [0.15, 0.2) is 36.4 Å². The van der Waals surface area contributed by atoms with Gasteiger partial charge in [0.15, 0.2) is 0 Å². The first-order valence-electron chi connectivity index (χ1n) is 8.13. The summed E-state index contributed by atoms with van der Waals surface area (Å²) in [4.78, 5) is 29.0. The molecule has 2 amide bonds. The van der Waals surface area contributed by atoms with E-state index in [0.717, 1.165) is 11.3 Å². The van der Waals surface area contributed by atoms with Gasteiger partial charge in [-0.1, -0.05) is 40.9 Å². The highest BCUT2D eigenvalue weighted by molar-refractivity contribution is 6.36. The summed E-state index contributed by atoms with van der Waals surface area (Å²) in [6.07, 6.45) is 0. The van der Waals surface area contributed by atoms with Crippen molar-refractivity contribution in [2.45, 2.75) is 19.9 Å². The number of hydrogen-bond acceptors (Lipinski definition) is 2. The topological polar surface area (TPSA) is 40.6 Å². The van der Waals surface area contributed by atoms with E-state index in [1.165, 1.54) is 11.0 Å². The highest BCUT2D eigenvalue weighted by Gasteiger charge is 2.36. The zero-order valence-electron chi connectivity index (χ0n) is 14.3. The molecular formula is C19H17Cl3N2O2. The summed E-state index contributed by atoms with van der Waals surface area (Å²) >= 11 is 18.2. The number of amides is 2. The Hall–Kier alpha value is -1.75. The number of carbonyl (C=O) groups excluding carboxylic acids is 2. The standard InChI is InChI=1S/C19H17Cl3N2O2/c1-11-15(21)4-3-5-17(11)24-9-8-23(12(2)18(24)25)19(26)14-7-6-13(20)10-16(14)22/h3-7,10,12H,8-9H2,1-2H3/t12-/m0/s1. The van der Waals surface area contributed by atoms with Crippen LogP contribution in [0.2, 0.25) is 15.1 Å². The molecule has 7 heteroatoms. The maximum Gasteiger partial charge on any atom is 0.256 e. The Balaban J connectivity index is 1.86. The van der Waals surface area contributed by atoms with Gasteiger partial charge in [0.25, 0.3) is 5.91 Å². The Kier molecular flexibility index (Phi) is 5.47. The third-order valence-electron chi connectivity index (χ3n) is 4.61. The molecule has 4 nitrogen and oxygen atoms in total. The fourth-order valence-electron chi connectivity index (χ4n) is 3.09. The SMILES string of the molecule is Cc1c(Cl)cccc1N1CCN(C(=O)c2ccc(Cl)cc2Cl)[C@@H](C)C1=O. The summed E-state index contributed by atoms with van der Waals surface area (Å²) in [5.74, 6) is -0.435. The van der Waals surface area contributed by atoms with Crippen LogP contribution in [0.25, 0.3) is 0 Å². The van der Waals surface area contributed by atoms with E-state index in [4.69, 9.17) is 34.8 Å². The molecule has 0 bridgehead atoms. The van der Waals surface area contributed by atoms with Crippen LogP contribution >= 0.6 is 34.8 Å². The van der Waals surface area contributed by atoms with E-state index in [0.29, 0.717) is 28.7 Å². The fourth-order valence-corrected chi connectivity index (χ4v) is 3.75. The molecule has 1 heterocycles. The lowest BCUT2D eigenvalue weighted by atomic mass is 10.1. The second-order valence-corrected chi connectivity index (χ2v) is 7.42. The van der Waals surface area contributed by atoms with E-state index in [9.17, 15) is 9.59 Å². The van der Waals surface area contributed by atoms with Crippen LogP contribution in [-0.2, 0) is 4.79 Å². The molecule has 1 aliphatic heterocycles. The van der Waals surface area contributed by atoms with Crippen LogP contribution in [0, 0.1) is 6.92 Å². The molecule has 136 valence electrons. The van der Waals surface area contributed by atoms with Crippen molar-refractivity contribution in [2.75, 3.05) is 18.0 Å². The van der Waals surface area contributed by atoms with Crippen molar-refractivity contribution in [2.24, 2.45) is 0 Å². The van der Waals surface area contributed by atoms with Crippen molar-refractivity contribution in [3.05, 3.63) is 62.6 Å². The molecule has 0 aromatic heterocycles. The normalized spacial score (nSPS) is 17.6. The summed E-state index contributed by atoms with van der Waals surface area (Å²) in [6, 6.07) is 9.57. The van der Waals surface area contributed by atoms with Crippen LogP contribution in [0.4, 0.5) is 5.69 Å². The predicted molar refractivity (Wildman–Crippen MR) is 106 cm³/mol. The minimum Gasteiger partial charge on any atom is -0.325 e. The van der Waals surface area contributed by atoms with Gasteiger partial charge < -0.3 is 9.80 Å². The molecule has 1 saturated heterocycles. The Bertz CT molecular complexity index is 885. The van der Waals surface area contributed by atoms with Gasteiger partial charge >= 0.3 is 0 Å². The van der Waals surface area contributed by atoms with Crippen molar-refractivity contribution < 1.29 is 9.59 Å². The lowest BCUT2D eigenvalue weighted by Crippen LogP contribution is -2.58. The number of carbonyl (C=O) groups is 2. The number of rotatable bonds is 2. The lowest BCUT2D eigenvalue weighted by molar-refractivity contribution is -0.124. The number of halogens is 3. The largest absolute Gasteiger partial charge is 0.325 e. The summed E-state index contributed by atoms with van der Waals surface area (Å²) < 4.78 is 0. The Morgan fingerprint density at radius 3 is 2.50 bits per heavy atom. The van der Waals surface area contributed by atoms with Gasteiger partial charge in [-0.2, -0.15) is 0 Å². The van der Waals surface area contributed by atoms with E-state index < -0.39 is 6.04 Å². The maximum atomic E-state index is 12.9. The van der Waals surface area contributed by atoms with Gasteiger partial charge in [0.1, 0.15) is 6.04 Å². The van der Waals surface area contributed by atoms with Gasteiger partial charge in [0.05, 0.1) is 10.6 Å². The number of anilines is 1. The fraction of sp³-hybridized carbons (Fsp3) is 0.263. The molecule has 0 N–H and O–H groups in total. The smallest absolute Gasteiger partial charge is 0.256 e. The van der Waals surface area contributed by atoms with Gasteiger partial charge in [-0.15, -0.1) is 0 Å². The lowest BCUT2D eigenvalue weighted by Gasteiger charge is -2.39. The zero-order valence-corrected chi connectivity index (χ0v) is 16.6. The molecule has 26 heavy (non-hydrogen) atoms. The molecule has 0 unspecified atom stereocenters. The number of nitrogens with zero attached hydrogens (tertiary/aromatic N) is 2. The van der Waals surface area contributed by atoms with Crippen LogP contribution in [0.3, 0.4) is 0 Å². The molecule has 0 saturated carbocycles. The monoisotopic (exact) mass is 410 g/mol. The molecule has 1 fully saturated rings. The van der Waals surface area contributed by atoms with Crippen molar-refractivity contribution in [3.63, 3.8) is 0 Å². The van der Waals surface area contributed by atoms with Crippen LogP contribution in [0.1, 0.15) is 22.8 Å². The molecule has 2 aromatic rings. The molecule has 0 radical (unpaired) electrons. The van der Waals surface area contributed by atoms with Gasteiger partial charge in [-0.25, -0.2) is 0 Å². The summed E-state index contributed by atoms with van der Waals surface area (Å²) in [5.41, 5.74) is 1.95. The molecule has 0 aliphatic carbocycles. The third kappa shape index (κ3) is 3.41. The molecule has 1 aliphatic rings. The van der Waals surface area contributed by atoms with Gasteiger partial charge in [0.2, 0.25) is 5.91 Å². The number of benzene rings is 2. The van der Waals surface area contributed by atoms with Crippen molar-refractivity contribution in [1.82, 2.24) is 4.90 Å². The van der Waals surface area contributed by atoms with Crippen molar-refractivity contribution in [1.29, 1.82) is 0 Å². The number of piperazine rings is 1. The highest BCUT2D eigenvalue weighted by atomic mass is 35.5. The highest BCUT2D eigenvalue weighted by Crippen LogP contribution is 2.30. The third-order valence-corrected chi connectivity index (χ3v) is 5.57. The summed E-state index contributed by atoms with van der Waals surface area (Å²) in [6.45, 7) is 4.38. The van der Waals surface area contributed by atoms with Crippen molar-refractivity contribution >= 4 is 52.3 Å². The van der Waals surface area contributed by atoms with Crippen LogP contribution in [-0.4, -0.2) is 35.8 Å². The Morgan fingerprint density at radius 2 is 1.81 bits per heavy atom. The minimum absolute atomic E-state index is 0.153. The Labute approximate surface area is 167 Å². The molecule has 1 atom stereocenters. The zero-order chi connectivity index (χ0) is 19.0. The first-order valence-corrected chi connectivity index (χ1v) is 9.27. The number of hydrogen-bond donors (Lipinski definition) is 0. The predicted octanol–water partition coefficient (Wildman–Crippen LogP) is 4.83. The average Bonchev–Trinajstić information content (AvgIpc) is 2.59. The van der Waals surface area contributed by atoms with Gasteiger partial charge in [-0.3, -0.25) is 9.59 Å². The van der Waals surface area contributed by atoms with E-state index in [1.807, 2.05) is 19.1 Å². The molecule has 3 rings (SSSR count). The van der Waals surface area contributed by atoms with E-state index in [1.54, 1.807) is 30.0 Å². The van der Waals surface area contributed by atoms with Gasteiger partial charge in [0, 0.05) is 28.8 Å². The van der Waals surface area contributed by atoms with E-state index in [2.05, 4.69) is 0 Å². The van der Waals surface area contributed by atoms with E-state index in [-0.39, 0.29) is 16.8 Å². The minimum atomic E-state index is -0.610. The summed E-state index contributed by atoms with van der Waals surface area (Å²) in [5, 5.41) is 1.33. The maximum absolute atomic E-state index is 12.9. The van der Waals surface area contributed by atoms with E-state index >= 15 is 0 Å². The Morgan fingerprint density at radius 1 is 1.08 bits per heavy atom. The first kappa shape index (κ1) is 19.0. The average molecular weight is 412 g/mol. The first-order chi connectivity index (χ1) is 12.3. The summed E-state index contributed by atoms with van der Waals surface area (Å²) in [7, 11) is 0. The molecule has 2 aromatic carbocycles. The van der Waals surface area contributed by atoms with Crippen molar-refractivity contribution in [3.8, 4) is 0 Å². The van der Waals surface area contributed by atoms with Crippen LogP contribution < -0.4 is 4.90 Å². The second kappa shape index (κ2) is 7.47. The molecule has 0 spiro atoms. The quantitative estimate of drug-likeness (QED) is 0.710. The molecular weight excluding hydrogens is 395 g/mol. The van der Waals surface area contributed by atoms with Gasteiger partial charge in [-0.05, 0) is 49.7 Å². The second-order valence-electron chi connectivity index (χ2n) is 6.17.